The first kappa shape index (κ1) is 11.8. The summed E-state index contributed by atoms with van der Waals surface area (Å²) < 4.78 is 0. The third-order valence-electron chi connectivity index (χ3n) is 2.53. The van der Waals surface area contributed by atoms with E-state index in [0.717, 1.165) is 11.3 Å². The molecule has 17 heavy (non-hydrogen) atoms. The molecule has 0 aliphatic heterocycles. The molecule has 0 atom stereocenters. The molecule has 0 N–H and O–H groups in total. The van der Waals surface area contributed by atoms with Crippen molar-refractivity contribution in [1.82, 2.24) is 4.98 Å². The lowest BCUT2D eigenvalue weighted by Crippen LogP contribution is -2.30. The van der Waals surface area contributed by atoms with Gasteiger partial charge in [0, 0.05) is 17.6 Å². The van der Waals surface area contributed by atoms with Crippen LogP contribution in [0.5, 0.6) is 0 Å². The molecule has 0 aliphatic carbocycles. The molecule has 2 aromatic rings. The lowest BCUT2D eigenvalue weighted by atomic mass is 10.2. The Hall–Kier alpha value is -1.68. The SMILES string of the molecule is CCN(C(=O)c1cscn1)c1cccc(C)c1. The normalized spacial score (nSPS) is 10.2. The second kappa shape index (κ2) is 5.10. The van der Waals surface area contributed by atoms with E-state index in [-0.39, 0.29) is 5.91 Å². The molecular weight excluding hydrogens is 232 g/mol. The highest BCUT2D eigenvalue weighted by Gasteiger charge is 2.17. The van der Waals surface area contributed by atoms with Crippen molar-refractivity contribution in [3.05, 3.63) is 46.4 Å². The third kappa shape index (κ3) is 2.53. The van der Waals surface area contributed by atoms with Crippen LogP contribution in [0.3, 0.4) is 0 Å². The number of aromatic nitrogens is 1. The Bertz CT molecular complexity index is 508. The van der Waals surface area contributed by atoms with Gasteiger partial charge in [-0.25, -0.2) is 4.98 Å². The van der Waals surface area contributed by atoms with E-state index < -0.39 is 0 Å². The summed E-state index contributed by atoms with van der Waals surface area (Å²) in [4.78, 5) is 18.0. The number of carbonyl (C=O) groups is 1. The average molecular weight is 246 g/mol. The minimum atomic E-state index is -0.0423. The molecule has 3 nitrogen and oxygen atoms in total. The molecule has 0 spiro atoms. The first-order valence-corrected chi connectivity index (χ1v) is 6.43. The molecule has 0 fully saturated rings. The van der Waals surface area contributed by atoms with Gasteiger partial charge in [-0.05, 0) is 31.5 Å². The van der Waals surface area contributed by atoms with Gasteiger partial charge in [0.05, 0.1) is 5.51 Å². The number of anilines is 1. The van der Waals surface area contributed by atoms with Crippen molar-refractivity contribution < 1.29 is 4.79 Å². The van der Waals surface area contributed by atoms with Gasteiger partial charge in [-0.2, -0.15) is 0 Å². The van der Waals surface area contributed by atoms with E-state index >= 15 is 0 Å². The molecule has 0 radical (unpaired) electrons. The van der Waals surface area contributed by atoms with Crippen LogP contribution in [0.25, 0.3) is 0 Å². The molecule has 1 aromatic carbocycles. The van der Waals surface area contributed by atoms with Crippen molar-refractivity contribution in [2.24, 2.45) is 0 Å². The first-order valence-electron chi connectivity index (χ1n) is 5.49. The van der Waals surface area contributed by atoms with Gasteiger partial charge in [0.1, 0.15) is 5.69 Å². The summed E-state index contributed by atoms with van der Waals surface area (Å²) in [7, 11) is 0. The number of hydrogen-bond acceptors (Lipinski definition) is 3. The maximum Gasteiger partial charge on any atom is 0.277 e. The number of carbonyl (C=O) groups excluding carboxylic acids is 1. The van der Waals surface area contributed by atoms with Crippen LogP contribution in [0.4, 0.5) is 5.69 Å². The Balaban J connectivity index is 2.31. The number of hydrogen-bond donors (Lipinski definition) is 0. The molecule has 1 heterocycles. The monoisotopic (exact) mass is 246 g/mol. The Morgan fingerprint density at radius 3 is 2.88 bits per heavy atom. The third-order valence-corrected chi connectivity index (χ3v) is 3.11. The zero-order chi connectivity index (χ0) is 12.3. The Labute approximate surface area is 105 Å². The average Bonchev–Trinajstić information content (AvgIpc) is 2.83. The fraction of sp³-hybridized carbons (Fsp3) is 0.231. The maximum absolute atomic E-state index is 12.2. The number of rotatable bonds is 3. The maximum atomic E-state index is 12.2. The lowest BCUT2D eigenvalue weighted by Gasteiger charge is -2.20. The summed E-state index contributed by atoms with van der Waals surface area (Å²) in [5, 5.41) is 1.78. The Morgan fingerprint density at radius 1 is 1.47 bits per heavy atom. The quantitative estimate of drug-likeness (QED) is 0.833. The van der Waals surface area contributed by atoms with Crippen LogP contribution >= 0.6 is 11.3 Å². The van der Waals surface area contributed by atoms with E-state index in [1.165, 1.54) is 11.3 Å². The molecule has 2 rings (SSSR count). The van der Waals surface area contributed by atoms with Crippen LogP contribution in [0.1, 0.15) is 23.0 Å². The predicted molar refractivity (Wildman–Crippen MR) is 70.6 cm³/mol. The largest absolute Gasteiger partial charge is 0.307 e. The molecular formula is C13H14N2OS. The van der Waals surface area contributed by atoms with E-state index in [1.54, 1.807) is 15.8 Å². The van der Waals surface area contributed by atoms with E-state index in [1.807, 2.05) is 38.1 Å². The highest BCUT2D eigenvalue weighted by molar-refractivity contribution is 7.07. The zero-order valence-electron chi connectivity index (χ0n) is 9.88. The Morgan fingerprint density at radius 2 is 2.29 bits per heavy atom. The van der Waals surface area contributed by atoms with Gasteiger partial charge in [-0.15, -0.1) is 11.3 Å². The molecule has 0 unspecified atom stereocenters. The van der Waals surface area contributed by atoms with Crippen LogP contribution in [0.15, 0.2) is 35.2 Å². The molecule has 0 saturated heterocycles. The van der Waals surface area contributed by atoms with Crippen molar-refractivity contribution in [1.29, 1.82) is 0 Å². The topological polar surface area (TPSA) is 33.2 Å². The fourth-order valence-corrected chi connectivity index (χ4v) is 2.22. The number of benzene rings is 1. The van der Waals surface area contributed by atoms with Crippen molar-refractivity contribution in [3.8, 4) is 0 Å². The van der Waals surface area contributed by atoms with E-state index in [2.05, 4.69) is 4.98 Å². The lowest BCUT2D eigenvalue weighted by molar-refractivity contribution is 0.0984. The fourth-order valence-electron chi connectivity index (χ4n) is 1.70. The minimum Gasteiger partial charge on any atom is -0.307 e. The van der Waals surface area contributed by atoms with Gasteiger partial charge in [-0.1, -0.05) is 12.1 Å². The first-order chi connectivity index (χ1) is 8.22. The number of aryl methyl sites for hydroxylation is 1. The highest BCUT2D eigenvalue weighted by atomic mass is 32.1. The smallest absolute Gasteiger partial charge is 0.277 e. The van der Waals surface area contributed by atoms with E-state index in [0.29, 0.717) is 12.2 Å². The van der Waals surface area contributed by atoms with Crippen molar-refractivity contribution in [2.45, 2.75) is 13.8 Å². The number of amides is 1. The number of thiazole rings is 1. The van der Waals surface area contributed by atoms with Gasteiger partial charge in [0.15, 0.2) is 0 Å². The minimum absolute atomic E-state index is 0.0423. The summed E-state index contributed by atoms with van der Waals surface area (Å²) in [6.07, 6.45) is 0. The van der Waals surface area contributed by atoms with Gasteiger partial charge in [-0.3, -0.25) is 4.79 Å². The molecule has 88 valence electrons. The van der Waals surface area contributed by atoms with Gasteiger partial charge >= 0.3 is 0 Å². The second-order valence-electron chi connectivity index (χ2n) is 3.76. The predicted octanol–water partition coefficient (Wildman–Crippen LogP) is 3.12. The molecule has 1 amide bonds. The summed E-state index contributed by atoms with van der Waals surface area (Å²) in [5.74, 6) is -0.0423. The summed E-state index contributed by atoms with van der Waals surface area (Å²) in [6.45, 7) is 4.62. The Kier molecular flexibility index (Phi) is 3.54. The van der Waals surface area contributed by atoms with Crippen LogP contribution in [-0.4, -0.2) is 17.4 Å². The molecule has 4 heteroatoms. The van der Waals surface area contributed by atoms with Crippen LogP contribution in [0.2, 0.25) is 0 Å². The summed E-state index contributed by atoms with van der Waals surface area (Å²) >= 11 is 1.44. The van der Waals surface area contributed by atoms with Crippen LogP contribution < -0.4 is 4.90 Å². The summed E-state index contributed by atoms with van der Waals surface area (Å²) in [5.41, 5.74) is 4.26. The molecule has 0 aliphatic rings. The van der Waals surface area contributed by atoms with E-state index in [4.69, 9.17) is 0 Å². The van der Waals surface area contributed by atoms with Crippen molar-refractivity contribution >= 4 is 22.9 Å². The standard InChI is InChI=1S/C13H14N2OS/c1-3-15(11-6-4-5-10(2)7-11)13(16)12-8-17-9-14-12/h4-9H,3H2,1-2H3. The van der Waals surface area contributed by atoms with E-state index in [9.17, 15) is 4.79 Å². The highest BCUT2D eigenvalue weighted by Crippen LogP contribution is 2.18. The molecule has 0 bridgehead atoms. The second-order valence-corrected chi connectivity index (χ2v) is 4.48. The van der Waals surface area contributed by atoms with Crippen molar-refractivity contribution in [3.63, 3.8) is 0 Å². The van der Waals surface area contributed by atoms with Crippen molar-refractivity contribution in [2.75, 3.05) is 11.4 Å². The summed E-state index contributed by atoms with van der Waals surface area (Å²) in [6, 6.07) is 7.93. The van der Waals surface area contributed by atoms with Gasteiger partial charge in [0.25, 0.3) is 5.91 Å². The van der Waals surface area contributed by atoms with Gasteiger partial charge in [0.2, 0.25) is 0 Å². The van der Waals surface area contributed by atoms with Crippen LogP contribution in [0, 0.1) is 6.92 Å². The molecule has 1 aromatic heterocycles. The van der Waals surface area contributed by atoms with Gasteiger partial charge < -0.3 is 4.90 Å². The molecule has 0 saturated carbocycles. The number of nitrogens with zero attached hydrogens (tertiary/aromatic N) is 2. The zero-order valence-corrected chi connectivity index (χ0v) is 10.7. The van der Waals surface area contributed by atoms with Crippen LogP contribution in [-0.2, 0) is 0 Å².